The Bertz CT molecular complexity index is 5050. The highest BCUT2D eigenvalue weighted by Crippen LogP contribution is 2.48. The number of benzene rings is 8. The standard InChI is InChI=1S/C41H55N5.C40H54N6S2.C38H50N4/c1-2-6-32-9-13-35(14-10-32)31-36-15-11-33(12-16-36)7-5-8-34-17-19-37(20-18-34)42-43-38-21-23-39(24-22-38)44-45-40-25-27-41(28-26-40)46-29-3-4-30-46;1-2-6-29-9-13-32(14-10-29)27-33-15-11-30(12-16-33)7-5-8-31-17-19-34(20-18-31)42-44-38-28-37-39(48-38)41-40(47-37)45-43-35-21-23-36(24-22-35)46-25-3-4-26-46;1-3-5-30-10-14-33(15-11-30)28-34-16-12-31(13-17-34)6-4-7-32-18-22-36(23-19-32)40-42-38-26-24-37(25-27-38)41-39-35-20-8-29(2)9-21-35/h17-28,32-33,35-36H,2-16,29-31H2,1H3;17-24,28-30,32-33,37,39H,2-16,25-27H2,1H3;8-9,18-27,30-31,33-34H,3-7,10-17,28H2,1-2H3. The van der Waals surface area contributed by atoms with Crippen LogP contribution in [0.5, 0.6) is 0 Å². The molecule has 6 saturated carbocycles. The van der Waals surface area contributed by atoms with Gasteiger partial charge in [0, 0.05) is 37.6 Å². The third kappa shape index (κ3) is 32.9. The number of azo groups is 6. The molecule has 6 aliphatic carbocycles. The van der Waals surface area contributed by atoms with Gasteiger partial charge in [-0.25, -0.2) is 4.99 Å². The van der Waals surface area contributed by atoms with Crippen LogP contribution in [-0.2, 0) is 19.3 Å². The van der Waals surface area contributed by atoms with Gasteiger partial charge in [0.2, 0.25) is 5.17 Å². The Morgan fingerprint density at radius 2 is 0.485 bits per heavy atom. The van der Waals surface area contributed by atoms with Gasteiger partial charge in [-0.15, -0.1) is 15.3 Å². The van der Waals surface area contributed by atoms with Gasteiger partial charge in [-0.3, -0.25) is 0 Å². The summed E-state index contributed by atoms with van der Waals surface area (Å²) in [6, 6.07) is 66.1. The van der Waals surface area contributed by atoms with E-state index in [0.717, 1.165) is 177 Å². The van der Waals surface area contributed by atoms with Crippen LogP contribution in [0.4, 0.5) is 68.2 Å². The first-order valence-corrected chi connectivity index (χ1v) is 56.1. The van der Waals surface area contributed by atoms with Crippen molar-refractivity contribution in [3.63, 3.8) is 0 Å². The van der Waals surface area contributed by atoms with Gasteiger partial charge in [-0.1, -0.05) is 310 Å². The number of amidine groups is 1. The van der Waals surface area contributed by atoms with E-state index < -0.39 is 0 Å². The minimum Gasteiger partial charge on any atom is -0.372 e. The summed E-state index contributed by atoms with van der Waals surface area (Å²) in [5.74, 6) is 12.1. The van der Waals surface area contributed by atoms with Crippen LogP contribution in [0.15, 0.2) is 272 Å². The third-order valence-electron chi connectivity index (χ3n) is 32.3. The molecule has 10 aliphatic rings. The van der Waals surface area contributed by atoms with Gasteiger partial charge in [0.15, 0.2) is 0 Å². The average molecular weight is 1860 g/mol. The van der Waals surface area contributed by atoms with Crippen LogP contribution in [0.25, 0.3) is 0 Å². The second-order valence-corrected chi connectivity index (χ2v) is 44.8. The molecule has 4 heterocycles. The van der Waals surface area contributed by atoms with E-state index in [1.54, 1.807) is 23.5 Å². The topological polar surface area (TPSA) is 167 Å². The molecule has 0 aromatic heterocycles. The molecule has 0 spiro atoms. The molecule has 0 N–H and O–H groups in total. The maximum absolute atomic E-state index is 4.78. The van der Waals surface area contributed by atoms with Crippen LogP contribution in [0, 0.1) is 77.9 Å². The van der Waals surface area contributed by atoms with Crippen molar-refractivity contribution in [1.82, 2.24) is 0 Å². The Kier molecular flexibility index (Phi) is 39.7. The van der Waals surface area contributed by atoms with Crippen LogP contribution in [0.2, 0.25) is 0 Å². The van der Waals surface area contributed by atoms with Crippen molar-refractivity contribution in [2.45, 2.75) is 334 Å². The van der Waals surface area contributed by atoms with Crippen LogP contribution in [0.3, 0.4) is 0 Å². The lowest BCUT2D eigenvalue weighted by Crippen LogP contribution is -2.21. The molecule has 18 rings (SSSR count). The minimum atomic E-state index is 0.100. The van der Waals surface area contributed by atoms with Crippen molar-refractivity contribution in [3.05, 3.63) is 227 Å². The van der Waals surface area contributed by atoms with E-state index in [1.165, 1.54) is 316 Å². The van der Waals surface area contributed by atoms with Crippen LogP contribution in [0.1, 0.15) is 319 Å². The fraction of sp³-hybridized carbons (Fsp3) is 0.571. The van der Waals surface area contributed by atoms with Crippen molar-refractivity contribution in [1.29, 1.82) is 0 Å². The number of hydrogen-bond donors (Lipinski definition) is 0. The number of fused-ring (bicyclic) bond motifs is 1. The summed E-state index contributed by atoms with van der Waals surface area (Å²) in [6.07, 6.45) is 67.8. The van der Waals surface area contributed by atoms with Gasteiger partial charge in [0.05, 0.1) is 62.1 Å². The quantitative estimate of drug-likeness (QED) is 0.0354. The molecule has 0 radical (unpaired) electrons. The lowest BCUT2D eigenvalue weighted by molar-refractivity contribution is 0.184. The Balaban J connectivity index is 0.000000148. The molecule has 722 valence electrons. The molecule has 136 heavy (non-hydrogen) atoms. The molecular weight excluding hydrogens is 1700 g/mol. The van der Waals surface area contributed by atoms with E-state index in [4.69, 9.17) is 4.99 Å². The number of thioether (sulfide) groups is 2. The molecular formula is C119H159N15S2. The van der Waals surface area contributed by atoms with Crippen molar-refractivity contribution < 1.29 is 0 Å². The largest absolute Gasteiger partial charge is 0.372 e. The number of aliphatic imine (C=N–C) groups is 1. The van der Waals surface area contributed by atoms with Gasteiger partial charge >= 0.3 is 0 Å². The van der Waals surface area contributed by atoms with Gasteiger partial charge in [0.1, 0.15) is 10.4 Å². The summed E-state index contributed by atoms with van der Waals surface area (Å²) in [5.41, 5.74) is 16.5. The lowest BCUT2D eigenvalue weighted by Gasteiger charge is -2.34. The van der Waals surface area contributed by atoms with E-state index in [1.807, 2.05) is 97.1 Å². The normalized spacial score (nSPS) is 25.5. The average Bonchev–Trinajstić information content (AvgIpc) is 1.66. The summed E-state index contributed by atoms with van der Waals surface area (Å²) in [4.78, 5) is 9.63. The highest BCUT2D eigenvalue weighted by molar-refractivity contribution is 8.16. The molecule has 17 heteroatoms. The monoisotopic (exact) mass is 1860 g/mol. The van der Waals surface area contributed by atoms with Crippen molar-refractivity contribution in [3.8, 4) is 0 Å². The fourth-order valence-corrected chi connectivity index (χ4v) is 26.3. The molecule has 2 unspecified atom stereocenters. The summed E-state index contributed by atoms with van der Waals surface area (Å²) in [5, 5.41) is 55.1. The predicted octanol–water partition coefficient (Wildman–Crippen LogP) is 38.9. The van der Waals surface area contributed by atoms with E-state index in [-0.39, 0.29) is 10.6 Å². The zero-order valence-electron chi connectivity index (χ0n) is 83.0. The first-order valence-electron chi connectivity index (χ1n) is 54.4. The maximum atomic E-state index is 4.78. The van der Waals surface area contributed by atoms with E-state index in [2.05, 4.69) is 202 Å². The van der Waals surface area contributed by atoms with E-state index >= 15 is 0 Å². The summed E-state index contributed by atoms with van der Waals surface area (Å²) in [6.45, 7) is 13.7. The summed E-state index contributed by atoms with van der Waals surface area (Å²) < 4.78 is 0. The van der Waals surface area contributed by atoms with Gasteiger partial charge < -0.3 is 9.80 Å². The highest BCUT2D eigenvalue weighted by atomic mass is 32.2. The van der Waals surface area contributed by atoms with Crippen molar-refractivity contribution in [2.24, 2.45) is 137 Å². The first kappa shape index (κ1) is 100. The van der Waals surface area contributed by atoms with Gasteiger partial charge in [0.25, 0.3) is 0 Å². The zero-order valence-corrected chi connectivity index (χ0v) is 84.6. The Hall–Kier alpha value is -8.93. The molecule has 2 saturated heterocycles. The van der Waals surface area contributed by atoms with Gasteiger partial charge in [-0.2, -0.15) is 46.0 Å². The molecule has 4 aliphatic heterocycles. The molecule has 15 nitrogen and oxygen atoms in total. The number of anilines is 2. The van der Waals surface area contributed by atoms with E-state index in [0.29, 0.717) is 0 Å². The first-order chi connectivity index (χ1) is 67.0. The summed E-state index contributed by atoms with van der Waals surface area (Å²) >= 11 is 3.32. The zero-order chi connectivity index (χ0) is 92.9. The maximum Gasteiger partial charge on any atom is 0.206 e. The van der Waals surface area contributed by atoms with Crippen LogP contribution < -0.4 is 9.80 Å². The van der Waals surface area contributed by atoms with Crippen LogP contribution >= 0.6 is 23.5 Å². The van der Waals surface area contributed by atoms with Crippen LogP contribution in [-0.4, -0.2) is 42.0 Å². The fourth-order valence-electron chi connectivity index (χ4n) is 24.0. The molecule has 8 aromatic rings. The Morgan fingerprint density at radius 1 is 0.257 bits per heavy atom. The highest BCUT2D eigenvalue weighted by Gasteiger charge is 2.37. The minimum absolute atomic E-state index is 0.100. The van der Waals surface area contributed by atoms with Gasteiger partial charge in [-0.05, 0) is 330 Å². The molecule has 0 amide bonds. The number of aryl methyl sites for hydroxylation is 4. The third-order valence-corrected chi connectivity index (χ3v) is 34.6. The smallest absolute Gasteiger partial charge is 0.206 e. The second kappa shape index (κ2) is 54.0. The Morgan fingerprint density at radius 3 is 0.750 bits per heavy atom. The molecule has 8 fully saturated rings. The molecule has 8 aromatic carbocycles. The van der Waals surface area contributed by atoms with Crippen molar-refractivity contribution >= 4 is 96.9 Å². The predicted molar refractivity (Wildman–Crippen MR) is 573 cm³/mol. The van der Waals surface area contributed by atoms with Crippen molar-refractivity contribution in [2.75, 3.05) is 36.0 Å². The number of hydrogen-bond acceptors (Lipinski definition) is 17. The lowest BCUT2D eigenvalue weighted by atomic mass is 9.72. The number of nitrogens with zero attached hydrogens (tertiary/aromatic N) is 15. The number of rotatable bonds is 37. The Labute approximate surface area is 825 Å². The second-order valence-electron chi connectivity index (χ2n) is 42.6. The summed E-state index contributed by atoms with van der Waals surface area (Å²) in [7, 11) is 0. The SMILES string of the molecule is CCCC1CCC(CC2CCC(CCCc3ccc(N=NC4=CC5SC(N=Nc6ccc(N7CCCC7)cc6)=NC5S4)cc3)CC2)CC1.CCCC1CCC(CC2CCC(CCCc3ccc(N=Nc4ccc(N=Nc5ccc(C)cc5)cc4)cc3)CC2)CC1.CCCC1CCC(CC2CCC(CCCc3ccc(N=Nc4ccc(N=Nc5ccc(N6CCCC6)cc5)cc4)cc3)CC2)CC1. The van der Waals surface area contributed by atoms with E-state index in [9.17, 15) is 0 Å². The molecule has 0 bridgehead atoms. The molecule has 2 atom stereocenters.